The molecule has 0 spiro atoms. The molecule has 5 nitrogen and oxygen atoms in total. The molecule has 1 aliphatic heterocycles. The average Bonchev–Trinajstić information content (AvgIpc) is 2.67. The lowest BCUT2D eigenvalue weighted by Gasteiger charge is -2.32. The van der Waals surface area contributed by atoms with E-state index < -0.39 is 0 Å². The number of hydrogen-bond donors (Lipinski definition) is 2. The van der Waals surface area contributed by atoms with Gasteiger partial charge < -0.3 is 20.7 Å². The summed E-state index contributed by atoms with van der Waals surface area (Å²) in [7, 11) is 2.17. The van der Waals surface area contributed by atoms with Crippen molar-refractivity contribution < 1.29 is 5.21 Å². The van der Waals surface area contributed by atoms with E-state index in [0.717, 1.165) is 67.9 Å². The second-order valence-corrected chi connectivity index (χ2v) is 6.94. The summed E-state index contributed by atoms with van der Waals surface area (Å²) in [6.45, 7) is 5.59. The molecule has 0 bridgehead atoms. The number of hydrogen-bond acceptors (Lipinski definition) is 5. The quantitative estimate of drug-likeness (QED) is 0.363. The molecule has 1 fully saturated rings. The maximum absolute atomic E-state index is 9.64. The van der Waals surface area contributed by atoms with Crippen LogP contribution in [-0.2, 0) is 6.42 Å². The van der Waals surface area contributed by atoms with Gasteiger partial charge in [0, 0.05) is 43.0 Å². The van der Waals surface area contributed by atoms with Crippen molar-refractivity contribution in [2.45, 2.75) is 12.8 Å². The molecule has 138 valence electrons. The van der Waals surface area contributed by atoms with Gasteiger partial charge in [0.05, 0.1) is 0 Å². The highest BCUT2D eigenvalue weighted by molar-refractivity contribution is 6.14. The molecule has 2 aromatic rings. The summed E-state index contributed by atoms with van der Waals surface area (Å²) in [4.78, 5) is 4.88. The van der Waals surface area contributed by atoms with Crippen LogP contribution in [-0.4, -0.2) is 60.5 Å². The van der Waals surface area contributed by atoms with Crippen molar-refractivity contribution in [3.63, 3.8) is 0 Å². The largest absolute Gasteiger partial charge is 0.410 e. The minimum atomic E-state index is 0.576. The fourth-order valence-corrected chi connectivity index (χ4v) is 3.52. The van der Waals surface area contributed by atoms with E-state index in [4.69, 9.17) is 5.73 Å². The number of rotatable bonds is 6. The normalized spacial score (nSPS) is 16.7. The molecule has 1 heterocycles. The Labute approximate surface area is 155 Å². The van der Waals surface area contributed by atoms with Crippen molar-refractivity contribution in [3.05, 3.63) is 65.2 Å². The summed E-state index contributed by atoms with van der Waals surface area (Å²) in [6.07, 6.45) is 1.92. The molecule has 0 aromatic heterocycles. The molecule has 0 amide bonds. The molecule has 5 heteroatoms. The Morgan fingerprint density at radius 3 is 2.46 bits per heavy atom. The van der Waals surface area contributed by atoms with Gasteiger partial charge in [0.2, 0.25) is 0 Å². The maximum atomic E-state index is 9.64. The number of benzene rings is 2. The lowest BCUT2D eigenvalue weighted by Crippen LogP contribution is -2.44. The number of nitrogens with zero attached hydrogens (tertiary/aromatic N) is 3. The summed E-state index contributed by atoms with van der Waals surface area (Å²) in [6, 6.07) is 15.6. The topological polar surface area (TPSA) is 65.1 Å². The Hall–Kier alpha value is -2.37. The molecule has 0 aliphatic carbocycles. The summed E-state index contributed by atoms with van der Waals surface area (Å²) < 4.78 is 0. The minimum Gasteiger partial charge on any atom is -0.410 e. The third-order valence-corrected chi connectivity index (χ3v) is 5.11. The van der Waals surface area contributed by atoms with E-state index in [1.807, 2.05) is 48.5 Å². The monoisotopic (exact) mass is 352 g/mol. The zero-order chi connectivity index (χ0) is 18.4. The first-order valence-corrected chi connectivity index (χ1v) is 9.25. The number of nitrogen functional groups attached to an aromatic ring is 1. The lowest BCUT2D eigenvalue weighted by molar-refractivity contribution is 0.153. The van der Waals surface area contributed by atoms with E-state index in [1.165, 1.54) is 0 Å². The Morgan fingerprint density at radius 2 is 1.77 bits per heavy atom. The van der Waals surface area contributed by atoms with E-state index in [-0.39, 0.29) is 0 Å². The van der Waals surface area contributed by atoms with Gasteiger partial charge in [-0.25, -0.2) is 0 Å². The van der Waals surface area contributed by atoms with Crippen LogP contribution in [0.2, 0.25) is 0 Å². The third-order valence-electron chi connectivity index (χ3n) is 5.11. The van der Waals surface area contributed by atoms with E-state index >= 15 is 0 Å². The molecule has 3 N–H and O–H groups in total. The molecule has 26 heavy (non-hydrogen) atoms. The van der Waals surface area contributed by atoms with Crippen LogP contribution in [0.4, 0.5) is 5.69 Å². The van der Waals surface area contributed by atoms with Crippen LogP contribution in [0.15, 0.2) is 53.7 Å². The molecule has 1 aliphatic rings. The van der Waals surface area contributed by atoms with E-state index in [2.05, 4.69) is 22.0 Å². The fraction of sp³-hybridized carbons (Fsp3) is 0.381. The zero-order valence-electron chi connectivity index (χ0n) is 15.4. The van der Waals surface area contributed by atoms with E-state index in [0.29, 0.717) is 5.71 Å². The maximum Gasteiger partial charge on any atom is 0.117 e. The van der Waals surface area contributed by atoms with Gasteiger partial charge in [-0.05, 0) is 38.1 Å². The van der Waals surface area contributed by atoms with Gasteiger partial charge in [0.25, 0.3) is 0 Å². The highest BCUT2D eigenvalue weighted by Gasteiger charge is 2.16. The smallest absolute Gasteiger partial charge is 0.117 e. The third kappa shape index (κ3) is 4.42. The van der Waals surface area contributed by atoms with Gasteiger partial charge in [-0.1, -0.05) is 47.6 Å². The number of anilines is 1. The van der Waals surface area contributed by atoms with Crippen LogP contribution in [0.25, 0.3) is 0 Å². The van der Waals surface area contributed by atoms with Gasteiger partial charge in [-0.15, -0.1) is 0 Å². The van der Waals surface area contributed by atoms with E-state index in [1.54, 1.807) is 0 Å². The van der Waals surface area contributed by atoms with Crippen LogP contribution in [0.5, 0.6) is 0 Å². The summed E-state index contributed by atoms with van der Waals surface area (Å²) in [5.74, 6) is 0. The van der Waals surface area contributed by atoms with Crippen LogP contribution in [0.1, 0.15) is 23.1 Å². The second-order valence-electron chi connectivity index (χ2n) is 6.94. The number of likely N-dealkylation sites (N-methyl/N-ethyl adjacent to an activating group) is 1. The molecular formula is C21H28N4O. The lowest BCUT2D eigenvalue weighted by atomic mass is 9.93. The molecule has 0 saturated carbocycles. The van der Waals surface area contributed by atoms with Crippen LogP contribution in [0.3, 0.4) is 0 Å². The van der Waals surface area contributed by atoms with Crippen LogP contribution < -0.4 is 5.73 Å². The first-order valence-electron chi connectivity index (χ1n) is 9.25. The summed E-state index contributed by atoms with van der Waals surface area (Å²) in [5.41, 5.74) is 10.5. The van der Waals surface area contributed by atoms with Gasteiger partial charge in [-0.2, -0.15) is 0 Å². The predicted molar refractivity (Wildman–Crippen MR) is 107 cm³/mol. The second kappa shape index (κ2) is 8.83. The fourth-order valence-electron chi connectivity index (χ4n) is 3.52. The molecule has 2 aromatic carbocycles. The molecule has 0 radical (unpaired) electrons. The Kier molecular flexibility index (Phi) is 6.26. The number of piperazine rings is 1. The number of oxime groups is 1. The Balaban J connectivity index is 1.73. The van der Waals surface area contributed by atoms with Gasteiger partial charge in [0.15, 0.2) is 0 Å². The SMILES string of the molecule is CN1CCN(CCCc2c(N)cccc2C(=NO)c2ccccc2)CC1. The van der Waals surface area contributed by atoms with Crippen molar-refractivity contribution in [3.8, 4) is 0 Å². The van der Waals surface area contributed by atoms with Crippen molar-refractivity contribution in [2.24, 2.45) is 5.16 Å². The average molecular weight is 352 g/mol. The van der Waals surface area contributed by atoms with Gasteiger partial charge in [0.1, 0.15) is 5.71 Å². The highest BCUT2D eigenvalue weighted by Crippen LogP contribution is 2.23. The minimum absolute atomic E-state index is 0.576. The highest BCUT2D eigenvalue weighted by atomic mass is 16.4. The van der Waals surface area contributed by atoms with Crippen LogP contribution >= 0.6 is 0 Å². The molecule has 1 saturated heterocycles. The Morgan fingerprint density at radius 1 is 1.04 bits per heavy atom. The van der Waals surface area contributed by atoms with Gasteiger partial charge in [-0.3, -0.25) is 0 Å². The first-order chi connectivity index (χ1) is 12.7. The van der Waals surface area contributed by atoms with Crippen molar-refractivity contribution in [1.82, 2.24) is 9.80 Å². The number of nitrogens with two attached hydrogens (primary N) is 1. The van der Waals surface area contributed by atoms with E-state index in [9.17, 15) is 5.21 Å². The Bertz CT molecular complexity index is 737. The van der Waals surface area contributed by atoms with Crippen LogP contribution in [0, 0.1) is 0 Å². The van der Waals surface area contributed by atoms with Crippen molar-refractivity contribution in [1.29, 1.82) is 0 Å². The van der Waals surface area contributed by atoms with Crippen molar-refractivity contribution >= 4 is 11.4 Å². The molecule has 3 rings (SSSR count). The van der Waals surface area contributed by atoms with Crippen molar-refractivity contribution in [2.75, 3.05) is 45.5 Å². The predicted octanol–water partition coefficient (Wildman–Crippen LogP) is 2.68. The standard InChI is InChI=1S/C21H28N4O/c1-24-13-15-25(16-14-24)12-6-10-18-19(9-5-11-20(18)22)21(23-26)17-7-3-2-4-8-17/h2-5,7-9,11,26H,6,10,12-16,22H2,1H3. The molecule has 0 atom stereocenters. The molecule has 0 unspecified atom stereocenters. The summed E-state index contributed by atoms with van der Waals surface area (Å²) in [5, 5.41) is 13.2. The molecular weight excluding hydrogens is 324 g/mol. The first kappa shape index (κ1) is 18.4. The zero-order valence-corrected chi connectivity index (χ0v) is 15.4. The van der Waals surface area contributed by atoms with Gasteiger partial charge >= 0.3 is 0 Å². The summed E-state index contributed by atoms with van der Waals surface area (Å²) >= 11 is 0.